The van der Waals surface area contributed by atoms with Crippen LogP contribution in [0.15, 0.2) is 48.9 Å². The van der Waals surface area contributed by atoms with E-state index in [9.17, 15) is 9.59 Å². The SMILES string of the molecule is COc1ccccc1CCNC(=O)[C@H]1CN(C(=O)c2cn3cccnc3n2)CCO1. The molecule has 0 bridgehead atoms. The Balaban J connectivity index is 1.33. The van der Waals surface area contributed by atoms with Crippen LogP contribution in [0.2, 0.25) is 0 Å². The monoisotopic (exact) mass is 409 g/mol. The number of ether oxygens (including phenoxy) is 2. The molecular formula is C21H23N5O4. The van der Waals surface area contributed by atoms with E-state index in [0.29, 0.717) is 37.6 Å². The number of aromatic nitrogens is 3. The number of benzene rings is 1. The zero-order chi connectivity index (χ0) is 20.9. The molecule has 2 aromatic heterocycles. The van der Waals surface area contributed by atoms with Gasteiger partial charge in [0.2, 0.25) is 5.78 Å². The second-order valence-electron chi connectivity index (χ2n) is 6.92. The Morgan fingerprint density at radius 1 is 1.30 bits per heavy atom. The summed E-state index contributed by atoms with van der Waals surface area (Å²) in [6.07, 6.45) is 4.97. The molecule has 0 aliphatic carbocycles. The third-order valence-electron chi connectivity index (χ3n) is 4.99. The van der Waals surface area contributed by atoms with Crippen LogP contribution in [0, 0.1) is 0 Å². The van der Waals surface area contributed by atoms with Crippen LogP contribution in [0.1, 0.15) is 16.1 Å². The molecule has 1 aliphatic rings. The van der Waals surface area contributed by atoms with Gasteiger partial charge in [-0.1, -0.05) is 18.2 Å². The van der Waals surface area contributed by atoms with Crippen molar-refractivity contribution in [3.63, 3.8) is 0 Å². The first-order chi connectivity index (χ1) is 14.7. The maximum absolute atomic E-state index is 12.8. The van der Waals surface area contributed by atoms with Gasteiger partial charge in [-0.2, -0.15) is 0 Å². The number of imidazole rings is 1. The highest BCUT2D eigenvalue weighted by molar-refractivity contribution is 5.93. The minimum atomic E-state index is -0.712. The summed E-state index contributed by atoms with van der Waals surface area (Å²) in [6.45, 7) is 1.33. The minimum Gasteiger partial charge on any atom is -0.496 e. The number of nitrogens with one attached hydrogen (secondary N) is 1. The molecule has 0 saturated carbocycles. The molecule has 156 valence electrons. The molecule has 9 nitrogen and oxygen atoms in total. The second kappa shape index (κ2) is 8.91. The number of carbonyl (C=O) groups is 2. The number of fused-ring (bicyclic) bond motifs is 1. The molecule has 1 aliphatic heterocycles. The van der Waals surface area contributed by atoms with E-state index in [1.807, 2.05) is 24.3 Å². The molecule has 3 heterocycles. The van der Waals surface area contributed by atoms with E-state index in [4.69, 9.17) is 9.47 Å². The Hall–Kier alpha value is -3.46. The molecule has 1 atom stereocenters. The van der Waals surface area contributed by atoms with Crippen LogP contribution in [0.25, 0.3) is 5.78 Å². The largest absolute Gasteiger partial charge is 0.496 e. The number of morpholine rings is 1. The third kappa shape index (κ3) is 4.25. The van der Waals surface area contributed by atoms with Crippen molar-refractivity contribution < 1.29 is 19.1 Å². The Morgan fingerprint density at radius 3 is 3.00 bits per heavy atom. The standard InChI is InChI=1S/C21H23N5O4/c1-29-17-6-3-2-5-15(17)7-9-22-19(27)18-14-25(11-12-30-18)20(28)16-13-26-10-4-8-23-21(26)24-16/h2-6,8,10,13,18H,7,9,11-12,14H2,1H3,(H,22,27)/t18-/m1/s1. The first-order valence-electron chi connectivity index (χ1n) is 9.76. The van der Waals surface area contributed by atoms with Crippen molar-refractivity contribution in [1.82, 2.24) is 24.6 Å². The summed E-state index contributed by atoms with van der Waals surface area (Å²) in [5, 5.41) is 2.89. The van der Waals surface area contributed by atoms with Gasteiger partial charge >= 0.3 is 0 Å². The topological polar surface area (TPSA) is 98.1 Å². The summed E-state index contributed by atoms with van der Waals surface area (Å²) in [5.74, 6) is 0.772. The van der Waals surface area contributed by atoms with E-state index in [1.165, 1.54) is 0 Å². The average Bonchev–Trinajstić information content (AvgIpc) is 3.23. The van der Waals surface area contributed by atoms with Gasteiger partial charge in [0.25, 0.3) is 11.8 Å². The van der Waals surface area contributed by atoms with Gasteiger partial charge < -0.3 is 19.7 Å². The van der Waals surface area contributed by atoms with Gasteiger partial charge in [0, 0.05) is 31.7 Å². The zero-order valence-corrected chi connectivity index (χ0v) is 16.7. The summed E-state index contributed by atoms with van der Waals surface area (Å²) < 4.78 is 12.6. The Kier molecular flexibility index (Phi) is 5.89. The number of methoxy groups -OCH3 is 1. The minimum absolute atomic E-state index is 0.181. The first kappa shape index (κ1) is 19.8. The molecule has 1 aromatic carbocycles. The molecule has 1 saturated heterocycles. The lowest BCUT2D eigenvalue weighted by Crippen LogP contribution is -2.51. The van der Waals surface area contributed by atoms with Crippen LogP contribution in [0.4, 0.5) is 0 Å². The van der Waals surface area contributed by atoms with Crippen LogP contribution >= 0.6 is 0 Å². The summed E-state index contributed by atoms with van der Waals surface area (Å²) in [4.78, 5) is 35.4. The van der Waals surface area contributed by atoms with Gasteiger partial charge in [0.1, 0.15) is 11.4 Å². The molecule has 9 heteroatoms. The first-order valence-corrected chi connectivity index (χ1v) is 9.76. The number of rotatable bonds is 6. The molecule has 2 amide bonds. The molecular weight excluding hydrogens is 386 g/mol. The molecule has 0 radical (unpaired) electrons. The number of hydrogen-bond donors (Lipinski definition) is 1. The number of para-hydroxylation sites is 1. The smallest absolute Gasteiger partial charge is 0.274 e. The quantitative estimate of drug-likeness (QED) is 0.651. The van der Waals surface area contributed by atoms with Crippen molar-refractivity contribution in [2.75, 3.05) is 33.4 Å². The van der Waals surface area contributed by atoms with Gasteiger partial charge in [-0.25, -0.2) is 9.97 Å². The highest BCUT2D eigenvalue weighted by Gasteiger charge is 2.30. The van der Waals surface area contributed by atoms with Crippen molar-refractivity contribution in [2.45, 2.75) is 12.5 Å². The van der Waals surface area contributed by atoms with Gasteiger partial charge in [-0.05, 0) is 24.1 Å². The summed E-state index contributed by atoms with van der Waals surface area (Å²) in [6, 6.07) is 9.46. The zero-order valence-electron chi connectivity index (χ0n) is 16.7. The van der Waals surface area contributed by atoms with Crippen molar-refractivity contribution in [2.24, 2.45) is 0 Å². The van der Waals surface area contributed by atoms with E-state index in [1.54, 1.807) is 41.1 Å². The molecule has 4 rings (SSSR count). The highest BCUT2D eigenvalue weighted by atomic mass is 16.5. The fourth-order valence-electron chi connectivity index (χ4n) is 3.43. The molecule has 1 fully saturated rings. The van der Waals surface area contributed by atoms with E-state index >= 15 is 0 Å². The van der Waals surface area contributed by atoms with E-state index in [0.717, 1.165) is 11.3 Å². The molecule has 0 spiro atoms. The van der Waals surface area contributed by atoms with E-state index in [2.05, 4.69) is 15.3 Å². The maximum Gasteiger partial charge on any atom is 0.274 e. The Morgan fingerprint density at radius 2 is 2.17 bits per heavy atom. The lowest BCUT2D eigenvalue weighted by molar-refractivity contribution is -0.137. The van der Waals surface area contributed by atoms with E-state index < -0.39 is 6.10 Å². The van der Waals surface area contributed by atoms with Gasteiger partial charge in [0.15, 0.2) is 6.10 Å². The van der Waals surface area contributed by atoms with Crippen molar-refractivity contribution in [3.8, 4) is 5.75 Å². The summed E-state index contributed by atoms with van der Waals surface area (Å²) >= 11 is 0. The number of amides is 2. The van der Waals surface area contributed by atoms with Gasteiger partial charge in [0.05, 0.1) is 20.3 Å². The van der Waals surface area contributed by atoms with Crippen LogP contribution in [-0.4, -0.2) is 70.5 Å². The molecule has 1 N–H and O–H groups in total. The predicted octanol–water partition coefficient (Wildman–Crippen LogP) is 0.938. The van der Waals surface area contributed by atoms with E-state index in [-0.39, 0.29) is 18.4 Å². The molecule has 30 heavy (non-hydrogen) atoms. The van der Waals surface area contributed by atoms with Crippen LogP contribution in [-0.2, 0) is 16.0 Å². The molecule has 0 unspecified atom stereocenters. The number of carbonyl (C=O) groups excluding carboxylic acids is 2. The Bertz CT molecular complexity index is 1020. The normalized spacial score (nSPS) is 16.4. The Labute approximate surface area is 173 Å². The maximum atomic E-state index is 12.8. The van der Waals surface area contributed by atoms with Crippen LogP contribution in [0.5, 0.6) is 5.75 Å². The van der Waals surface area contributed by atoms with Crippen LogP contribution < -0.4 is 10.1 Å². The number of nitrogens with zero attached hydrogens (tertiary/aromatic N) is 4. The number of hydrogen-bond acceptors (Lipinski definition) is 6. The van der Waals surface area contributed by atoms with Crippen LogP contribution in [0.3, 0.4) is 0 Å². The highest BCUT2D eigenvalue weighted by Crippen LogP contribution is 2.17. The second-order valence-corrected chi connectivity index (χ2v) is 6.92. The lowest BCUT2D eigenvalue weighted by atomic mass is 10.1. The van der Waals surface area contributed by atoms with Crippen molar-refractivity contribution >= 4 is 17.6 Å². The molecule has 3 aromatic rings. The van der Waals surface area contributed by atoms with Gasteiger partial charge in [-0.15, -0.1) is 0 Å². The fourth-order valence-corrected chi connectivity index (χ4v) is 3.43. The summed E-state index contributed by atoms with van der Waals surface area (Å²) in [7, 11) is 1.62. The summed E-state index contributed by atoms with van der Waals surface area (Å²) in [5.41, 5.74) is 1.31. The lowest BCUT2D eigenvalue weighted by Gasteiger charge is -2.31. The van der Waals surface area contributed by atoms with Gasteiger partial charge in [-0.3, -0.25) is 14.0 Å². The van der Waals surface area contributed by atoms with Crippen molar-refractivity contribution in [1.29, 1.82) is 0 Å². The fraction of sp³-hybridized carbons (Fsp3) is 0.333. The predicted molar refractivity (Wildman–Crippen MR) is 108 cm³/mol. The van der Waals surface area contributed by atoms with Crippen molar-refractivity contribution in [3.05, 3.63) is 60.2 Å². The average molecular weight is 409 g/mol. The third-order valence-corrected chi connectivity index (χ3v) is 4.99.